The van der Waals surface area contributed by atoms with Crippen molar-refractivity contribution in [2.75, 3.05) is 5.32 Å². The highest BCUT2D eigenvalue weighted by Crippen LogP contribution is 2.17. The SMILES string of the molecule is O=C(Nc1cccc(F)c1)NC1CCCCCC1. The van der Waals surface area contributed by atoms with Gasteiger partial charge in [-0.25, -0.2) is 9.18 Å². The van der Waals surface area contributed by atoms with E-state index in [-0.39, 0.29) is 17.9 Å². The van der Waals surface area contributed by atoms with Crippen LogP contribution in [-0.4, -0.2) is 12.1 Å². The Balaban J connectivity index is 1.84. The molecular weight excluding hydrogens is 231 g/mol. The molecule has 1 aliphatic rings. The lowest BCUT2D eigenvalue weighted by molar-refractivity contribution is 0.247. The largest absolute Gasteiger partial charge is 0.335 e. The topological polar surface area (TPSA) is 41.1 Å². The molecule has 0 unspecified atom stereocenters. The first-order valence-electron chi connectivity index (χ1n) is 6.57. The fourth-order valence-corrected chi connectivity index (χ4v) is 2.34. The van der Waals surface area contributed by atoms with Crippen molar-refractivity contribution in [3.8, 4) is 0 Å². The van der Waals surface area contributed by atoms with Gasteiger partial charge in [-0.2, -0.15) is 0 Å². The van der Waals surface area contributed by atoms with Gasteiger partial charge >= 0.3 is 6.03 Å². The maximum Gasteiger partial charge on any atom is 0.319 e. The fraction of sp³-hybridized carbons (Fsp3) is 0.500. The Kier molecular flexibility index (Phi) is 4.56. The number of rotatable bonds is 2. The highest BCUT2D eigenvalue weighted by atomic mass is 19.1. The molecule has 1 aliphatic carbocycles. The standard InChI is InChI=1S/C14H19FN2O/c15-11-6-5-9-13(10-11)17-14(18)16-12-7-3-1-2-4-8-12/h5-6,9-10,12H,1-4,7-8H2,(H2,16,17,18). The molecule has 2 N–H and O–H groups in total. The molecule has 0 saturated heterocycles. The Hall–Kier alpha value is -1.58. The second kappa shape index (κ2) is 6.38. The molecule has 0 spiro atoms. The number of hydrogen-bond acceptors (Lipinski definition) is 1. The molecule has 0 heterocycles. The van der Waals surface area contributed by atoms with Crippen LogP contribution in [0.4, 0.5) is 14.9 Å². The molecule has 98 valence electrons. The van der Waals surface area contributed by atoms with E-state index in [1.54, 1.807) is 12.1 Å². The van der Waals surface area contributed by atoms with Crippen molar-refractivity contribution in [3.05, 3.63) is 30.1 Å². The predicted molar refractivity (Wildman–Crippen MR) is 70.0 cm³/mol. The van der Waals surface area contributed by atoms with Gasteiger partial charge in [-0.3, -0.25) is 0 Å². The molecule has 1 aromatic rings. The van der Waals surface area contributed by atoms with Crippen molar-refractivity contribution in [3.63, 3.8) is 0 Å². The third-order valence-electron chi connectivity index (χ3n) is 3.27. The summed E-state index contributed by atoms with van der Waals surface area (Å²) in [6.45, 7) is 0. The molecule has 1 fully saturated rings. The summed E-state index contributed by atoms with van der Waals surface area (Å²) in [4.78, 5) is 11.8. The lowest BCUT2D eigenvalue weighted by atomic mass is 10.1. The molecular formula is C14H19FN2O. The number of anilines is 1. The molecule has 4 heteroatoms. The molecule has 0 aromatic heterocycles. The van der Waals surface area contributed by atoms with Crippen LogP contribution < -0.4 is 10.6 Å². The lowest BCUT2D eigenvalue weighted by Gasteiger charge is -2.16. The zero-order chi connectivity index (χ0) is 12.8. The van der Waals surface area contributed by atoms with E-state index in [2.05, 4.69) is 10.6 Å². The summed E-state index contributed by atoms with van der Waals surface area (Å²) in [6.07, 6.45) is 6.93. The third-order valence-corrected chi connectivity index (χ3v) is 3.27. The molecule has 0 bridgehead atoms. The van der Waals surface area contributed by atoms with Crippen LogP contribution in [0.25, 0.3) is 0 Å². The normalized spacial score (nSPS) is 16.9. The van der Waals surface area contributed by atoms with E-state index < -0.39 is 0 Å². The predicted octanol–water partition coefficient (Wildman–Crippen LogP) is 3.67. The van der Waals surface area contributed by atoms with Crippen LogP contribution in [0.15, 0.2) is 24.3 Å². The van der Waals surface area contributed by atoms with Gasteiger partial charge in [0.2, 0.25) is 0 Å². The van der Waals surface area contributed by atoms with Gasteiger partial charge in [0.25, 0.3) is 0 Å². The molecule has 2 amide bonds. The number of benzene rings is 1. The zero-order valence-corrected chi connectivity index (χ0v) is 10.4. The van der Waals surface area contributed by atoms with Gasteiger partial charge in [0, 0.05) is 11.7 Å². The Morgan fingerprint density at radius 2 is 1.89 bits per heavy atom. The average molecular weight is 250 g/mol. The number of nitrogens with one attached hydrogen (secondary N) is 2. The van der Waals surface area contributed by atoms with E-state index in [1.165, 1.54) is 37.8 Å². The van der Waals surface area contributed by atoms with Gasteiger partial charge in [-0.1, -0.05) is 31.7 Å². The molecule has 3 nitrogen and oxygen atoms in total. The lowest BCUT2D eigenvalue weighted by Crippen LogP contribution is -2.37. The number of halogens is 1. The summed E-state index contributed by atoms with van der Waals surface area (Å²) in [5.74, 6) is -0.345. The number of amides is 2. The van der Waals surface area contributed by atoms with Crippen molar-refractivity contribution >= 4 is 11.7 Å². The van der Waals surface area contributed by atoms with Gasteiger partial charge in [0.15, 0.2) is 0 Å². The van der Waals surface area contributed by atoms with Crippen molar-refractivity contribution in [2.45, 2.75) is 44.6 Å². The van der Waals surface area contributed by atoms with Crippen LogP contribution in [0.5, 0.6) is 0 Å². The van der Waals surface area contributed by atoms with E-state index in [1.807, 2.05) is 0 Å². The fourth-order valence-electron chi connectivity index (χ4n) is 2.34. The van der Waals surface area contributed by atoms with Crippen LogP contribution >= 0.6 is 0 Å². The van der Waals surface area contributed by atoms with Crippen LogP contribution in [0.2, 0.25) is 0 Å². The third kappa shape index (κ3) is 4.02. The summed E-state index contributed by atoms with van der Waals surface area (Å²) in [6, 6.07) is 5.93. The van der Waals surface area contributed by atoms with E-state index in [0.717, 1.165) is 12.8 Å². The van der Waals surface area contributed by atoms with Crippen molar-refractivity contribution in [1.29, 1.82) is 0 Å². The van der Waals surface area contributed by atoms with E-state index in [4.69, 9.17) is 0 Å². The van der Waals surface area contributed by atoms with Crippen molar-refractivity contribution < 1.29 is 9.18 Å². The number of urea groups is 1. The highest BCUT2D eigenvalue weighted by molar-refractivity contribution is 5.89. The molecule has 0 radical (unpaired) electrons. The maximum absolute atomic E-state index is 13.0. The maximum atomic E-state index is 13.0. The number of carbonyl (C=O) groups excluding carboxylic acids is 1. The monoisotopic (exact) mass is 250 g/mol. The van der Waals surface area contributed by atoms with E-state index >= 15 is 0 Å². The second-order valence-electron chi connectivity index (χ2n) is 4.80. The molecule has 18 heavy (non-hydrogen) atoms. The van der Waals surface area contributed by atoms with Crippen LogP contribution in [0.1, 0.15) is 38.5 Å². The second-order valence-corrected chi connectivity index (χ2v) is 4.80. The number of hydrogen-bond donors (Lipinski definition) is 2. The van der Waals surface area contributed by atoms with Crippen molar-refractivity contribution in [2.24, 2.45) is 0 Å². The van der Waals surface area contributed by atoms with Gasteiger partial charge in [0.1, 0.15) is 5.82 Å². The van der Waals surface area contributed by atoms with Gasteiger partial charge in [0.05, 0.1) is 0 Å². The average Bonchev–Trinajstić information content (AvgIpc) is 2.57. The van der Waals surface area contributed by atoms with Crippen LogP contribution in [0.3, 0.4) is 0 Å². The Labute approximate surface area is 107 Å². The summed E-state index contributed by atoms with van der Waals surface area (Å²) in [5.41, 5.74) is 0.487. The molecule has 1 saturated carbocycles. The summed E-state index contributed by atoms with van der Waals surface area (Å²) in [7, 11) is 0. The first kappa shape index (κ1) is 12.9. The molecule has 0 atom stereocenters. The Morgan fingerprint density at radius 1 is 1.17 bits per heavy atom. The minimum atomic E-state index is -0.345. The summed E-state index contributed by atoms with van der Waals surface area (Å²) >= 11 is 0. The number of carbonyl (C=O) groups is 1. The quantitative estimate of drug-likeness (QED) is 0.772. The van der Waals surface area contributed by atoms with Gasteiger partial charge in [-0.15, -0.1) is 0 Å². The molecule has 1 aromatic carbocycles. The minimum absolute atomic E-state index is 0.243. The van der Waals surface area contributed by atoms with E-state index in [9.17, 15) is 9.18 Å². The summed E-state index contributed by atoms with van der Waals surface area (Å²) < 4.78 is 13.0. The summed E-state index contributed by atoms with van der Waals surface area (Å²) in [5, 5.41) is 5.61. The van der Waals surface area contributed by atoms with Crippen LogP contribution in [-0.2, 0) is 0 Å². The zero-order valence-electron chi connectivity index (χ0n) is 10.4. The minimum Gasteiger partial charge on any atom is -0.335 e. The molecule has 0 aliphatic heterocycles. The highest BCUT2D eigenvalue weighted by Gasteiger charge is 2.14. The Morgan fingerprint density at radius 3 is 2.56 bits per heavy atom. The smallest absolute Gasteiger partial charge is 0.319 e. The first-order valence-corrected chi connectivity index (χ1v) is 6.57. The first-order chi connectivity index (χ1) is 8.74. The van der Waals surface area contributed by atoms with Gasteiger partial charge < -0.3 is 10.6 Å². The molecule has 2 rings (SSSR count). The van der Waals surface area contributed by atoms with Crippen molar-refractivity contribution in [1.82, 2.24) is 5.32 Å². The van der Waals surface area contributed by atoms with E-state index in [0.29, 0.717) is 5.69 Å². The van der Waals surface area contributed by atoms with Crippen LogP contribution in [0, 0.1) is 5.82 Å². The Bertz CT molecular complexity index is 401. The van der Waals surface area contributed by atoms with Gasteiger partial charge in [-0.05, 0) is 31.0 Å².